The summed E-state index contributed by atoms with van der Waals surface area (Å²) in [6.45, 7) is 0. The predicted molar refractivity (Wildman–Crippen MR) is 127 cm³/mol. The number of carboxylic acid groups (broad SMARTS) is 1. The van der Waals surface area contributed by atoms with Crippen LogP contribution in [0.1, 0.15) is 36.6 Å². The molecule has 3 aromatic rings. The molecule has 0 aliphatic rings. The zero-order valence-corrected chi connectivity index (χ0v) is 18.9. The molecule has 174 valence electrons. The Morgan fingerprint density at radius 3 is 2.29 bits per heavy atom. The molecule has 3 rings (SSSR count). The van der Waals surface area contributed by atoms with Crippen molar-refractivity contribution in [3.8, 4) is 11.5 Å². The fraction of sp³-hybridized carbons (Fsp3) is 0.0833. The number of methoxy groups -OCH3 is 2. The highest BCUT2D eigenvalue weighted by molar-refractivity contribution is 6.31. The van der Waals surface area contributed by atoms with E-state index >= 15 is 0 Å². The van der Waals surface area contributed by atoms with Gasteiger partial charge in [0.25, 0.3) is 11.8 Å². The van der Waals surface area contributed by atoms with Crippen molar-refractivity contribution in [3.63, 3.8) is 0 Å². The van der Waals surface area contributed by atoms with Gasteiger partial charge in [-0.1, -0.05) is 23.7 Å². The number of carboxylic acids is 1. The molecule has 0 heterocycles. The Balaban J connectivity index is 1.73. The summed E-state index contributed by atoms with van der Waals surface area (Å²) in [7, 11) is 2.72. The first-order chi connectivity index (χ1) is 16.3. The van der Waals surface area contributed by atoms with E-state index in [1.165, 1.54) is 44.7 Å². The highest BCUT2D eigenvalue weighted by Crippen LogP contribution is 2.32. The summed E-state index contributed by atoms with van der Waals surface area (Å²) in [5, 5.41) is 16.5. The summed E-state index contributed by atoms with van der Waals surface area (Å²) in [6.07, 6.45) is 1.19. The van der Waals surface area contributed by atoms with Crippen LogP contribution in [0.25, 0.3) is 0 Å². The van der Waals surface area contributed by atoms with Gasteiger partial charge in [-0.25, -0.2) is 10.2 Å². The van der Waals surface area contributed by atoms with Gasteiger partial charge in [0, 0.05) is 27.4 Å². The summed E-state index contributed by atoms with van der Waals surface area (Å²) in [5.41, 5.74) is 3.37. The van der Waals surface area contributed by atoms with Crippen LogP contribution < -0.4 is 20.2 Å². The molecule has 34 heavy (non-hydrogen) atoms. The van der Waals surface area contributed by atoms with Crippen LogP contribution in [0.15, 0.2) is 65.8 Å². The molecule has 0 bridgehead atoms. The van der Waals surface area contributed by atoms with Gasteiger partial charge in [-0.15, -0.1) is 0 Å². The maximum Gasteiger partial charge on any atom is 0.340 e. The third-order valence-corrected chi connectivity index (χ3v) is 4.87. The summed E-state index contributed by atoms with van der Waals surface area (Å²) >= 11 is 5.92. The lowest BCUT2D eigenvalue weighted by molar-refractivity contribution is 0.0692. The first-order valence-electron chi connectivity index (χ1n) is 9.82. The molecular weight excluding hydrogens is 462 g/mol. The van der Waals surface area contributed by atoms with Crippen LogP contribution in [-0.4, -0.2) is 43.3 Å². The number of rotatable bonds is 8. The Labute approximate surface area is 200 Å². The van der Waals surface area contributed by atoms with Crippen LogP contribution in [0.5, 0.6) is 11.5 Å². The van der Waals surface area contributed by atoms with Gasteiger partial charge in [-0.2, -0.15) is 5.10 Å². The average Bonchev–Trinajstić information content (AvgIpc) is 2.83. The highest BCUT2D eigenvalue weighted by atomic mass is 35.5. The first kappa shape index (κ1) is 24.3. The number of anilines is 1. The monoisotopic (exact) mass is 481 g/mol. The summed E-state index contributed by atoms with van der Waals surface area (Å²) in [6, 6.07) is 15.7. The van der Waals surface area contributed by atoms with E-state index in [1.54, 1.807) is 36.4 Å². The number of hydrogen-bond acceptors (Lipinski definition) is 6. The van der Waals surface area contributed by atoms with E-state index < -0.39 is 11.9 Å². The van der Waals surface area contributed by atoms with Gasteiger partial charge < -0.3 is 19.9 Å². The molecule has 0 radical (unpaired) electrons. The molecule has 0 fully saturated rings. The first-order valence-corrected chi connectivity index (χ1v) is 10.2. The molecule has 0 saturated heterocycles. The van der Waals surface area contributed by atoms with Crippen molar-refractivity contribution in [2.24, 2.45) is 5.10 Å². The van der Waals surface area contributed by atoms with Gasteiger partial charge in [-0.05, 0) is 48.5 Å². The van der Waals surface area contributed by atoms with Crippen molar-refractivity contribution in [2.45, 2.75) is 0 Å². The van der Waals surface area contributed by atoms with E-state index in [0.717, 1.165) is 0 Å². The molecule has 0 unspecified atom stereocenters. The molecule has 0 aromatic heterocycles. The number of nitrogens with one attached hydrogen (secondary N) is 2. The number of ether oxygens (including phenoxy) is 2. The van der Waals surface area contributed by atoms with Crippen molar-refractivity contribution in [2.75, 3.05) is 19.5 Å². The van der Waals surface area contributed by atoms with Gasteiger partial charge in [0.1, 0.15) is 5.56 Å². The van der Waals surface area contributed by atoms with E-state index in [2.05, 4.69) is 15.8 Å². The van der Waals surface area contributed by atoms with E-state index in [4.69, 9.17) is 21.1 Å². The maximum absolute atomic E-state index is 12.5. The minimum absolute atomic E-state index is 0.0356. The lowest BCUT2D eigenvalue weighted by Gasteiger charge is -2.12. The molecule has 0 atom stereocenters. The predicted octanol–water partition coefficient (Wildman–Crippen LogP) is 4.07. The standard InChI is InChI=1S/C24H20ClN3O6/c1-33-19-10-9-16(20(24(31)32)21(19)34-2)13-26-28-23(30)15-6-4-8-18(12-15)27-22(29)14-5-3-7-17(25)11-14/h3-13H,1-2H3,(H,27,29)(H,28,30)(H,31,32)/b26-13+. The Morgan fingerprint density at radius 2 is 1.65 bits per heavy atom. The average molecular weight is 482 g/mol. The Bertz CT molecular complexity index is 1280. The second-order valence-electron chi connectivity index (χ2n) is 6.81. The van der Waals surface area contributed by atoms with Gasteiger partial charge in [-0.3, -0.25) is 9.59 Å². The molecule has 0 spiro atoms. The zero-order chi connectivity index (χ0) is 24.7. The number of benzene rings is 3. The van der Waals surface area contributed by atoms with Crippen LogP contribution >= 0.6 is 11.6 Å². The normalized spacial score (nSPS) is 10.6. The highest BCUT2D eigenvalue weighted by Gasteiger charge is 2.20. The van der Waals surface area contributed by atoms with Gasteiger partial charge in [0.15, 0.2) is 11.5 Å². The Morgan fingerprint density at radius 1 is 0.941 bits per heavy atom. The lowest BCUT2D eigenvalue weighted by atomic mass is 10.1. The lowest BCUT2D eigenvalue weighted by Crippen LogP contribution is -2.18. The molecule has 0 saturated carbocycles. The zero-order valence-electron chi connectivity index (χ0n) is 18.2. The number of amides is 2. The van der Waals surface area contributed by atoms with E-state index in [-0.39, 0.29) is 34.1 Å². The second-order valence-corrected chi connectivity index (χ2v) is 7.25. The second kappa shape index (κ2) is 11.0. The topological polar surface area (TPSA) is 126 Å². The summed E-state index contributed by atoms with van der Waals surface area (Å²) in [4.78, 5) is 36.6. The molecule has 2 amide bonds. The summed E-state index contributed by atoms with van der Waals surface area (Å²) < 4.78 is 10.3. The summed E-state index contributed by atoms with van der Waals surface area (Å²) in [5.74, 6) is -1.90. The Kier molecular flexibility index (Phi) is 7.83. The molecular formula is C24H20ClN3O6. The fourth-order valence-electron chi connectivity index (χ4n) is 3.07. The number of carbonyl (C=O) groups is 3. The molecule has 3 N–H and O–H groups in total. The van der Waals surface area contributed by atoms with Crippen molar-refractivity contribution < 1.29 is 29.0 Å². The number of halogens is 1. The quantitative estimate of drug-likeness (QED) is 0.329. The van der Waals surface area contributed by atoms with Crippen LogP contribution in [0, 0.1) is 0 Å². The minimum Gasteiger partial charge on any atom is -0.493 e. The van der Waals surface area contributed by atoms with Crippen molar-refractivity contribution in [3.05, 3.63) is 87.9 Å². The maximum atomic E-state index is 12.5. The van der Waals surface area contributed by atoms with E-state index in [1.807, 2.05) is 0 Å². The number of nitrogens with zero attached hydrogens (tertiary/aromatic N) is 1. The van der Waals surface area contributed by atoms with Crippen LogP contribution in [0.3, 0.4) is 0 Å². The van der Waals surface area contributed by atoms with Gasteiger partial charge in [0.2, 0.25) is 0 Å². The smallest absolute Gasteiger partial charge is 0.340 e. The fourth-order valence-corrected chi connectivity index (χ4v) is 3.26. The van der Waals surface area contributed by atoms with Crippen molar-refractivity contribution >= 4 is 41.3 Å². The van der Waals surface area contributed by atoms with E-state index in [0.29, 0.717) is 16.3 Å². The van der Waals surface area contributed by atoms with Crippen LogP contribution in [0.4, 0.5) is 5.69 Å². The number of carbonyl (C=O) groups excluding carboxylic acids is 2. The van der Waals surface area contributed by atoms with Crippen LogP contribution in [0.2, 0.25) is 5.02 Å². The number of hydrogen-bond donors (Lipinski definition) is 3. The third kappa shape index (κ3) is 5.70. The largest absolute Gasteiger partial charge is 0.493 e. The Hall–Kier alpha value is -4.37. The van der Waals surface area contributed by atoms with Crippen molar-refractivity contribution in [1.29, 1.82) is 0 Å². The van der Waals surface area contributed by atoms with Gasteiger partial charge in [0.05, 0.1) is 20.4 Å². The SMILES string of the molecule is COc1ccc(/C=N/NC(=O)c2cccc(NC(=O)c3cccc(Cl)c3)c2)c(C(=O)O)c1OC. The van der Waals surface area contributed by atoms with Gasteiger partial charge >= 0.3 is 5.97 Å². The molecule has 3 aromatic carbocycles. The van der Waals surface area contributed by atoms with Crippen molar-refractivity contribution in [1.82, 2.24) is 5.43 Å². The molecule has 9 nitrogen and oxygen atoms in total. The molecule has 10 heteroatoms. The van der Waals surface area contributed by atoms with E-state index in [9.17, 15) is 19.5 Å². The number of aromatic carboxylic acids is 1. The number of hydrazone groups is 1. The van der Waals surface area contributed by atoms with Crippen LogP contribution in [-0.2, 0) is 0 Å². The molecule has 0 aliphatic carbocycles. The minimum atomic E-state index is -1.24. The third-order valence-electron chi connectivity index (χ3n) is 4.63. The molecule has 0 aliphatic heterocycles.